The number of carboxylic acid groups (broad SMARTS) is 1. The average Bonchev–Trinajstić information content (AvgIpc) is 2.37. The third-order valence-corrected chi connectivity index (χ3v) is 2.82. The predicted octanol–water partition coefficient (Wildman–Crippen LogP) is -0.567. The van der Waals surface area contributed by atoms with Gasteiger partial charge in [0.2, 0.25) is 0 Å². The van der Waals surface area contributed by atoms with E-state index in [9.17, 15) is 14.4 Å². The molecular formula is C11H18N2O6. The largest absolute Gasteiger partial charge is 0.480 e. The summed E-state index contributed by atoms with van der Waals surface area (Å²) in [5.41, 5.74) is -1.42. The van der Waals surface area contributed by atoms with Crippen molar-refractivity contribution in [1.82, 2.24) is 10.2 Å². The van der Waals surface area contributed by atoms with Gasteiger partial charge in [0.25, 0.3) is 0 Å². The number of nitrogens with one attached hydrogen (secondary N) is 1. The van der Waals surface area contributed by atoms with Gasteiger partial charge in [-0.1, -0.05) is 0 Å². The van der Waals surface area contributed by atoms with Gasteiger partial charge in [0, 0.05) is 6.54 Å². The quantitative estimate of drug-likeness (QED) is 0.668. The molecule has 1 aliphatic rings. The second kappa shape index (κ2) is 5.87. The number of ether oxygens (including phenoxy) is 2. The topological polar surface area (TPSA) is 105 Å². The molecule has 0 radical (unpaired) electrons. The first kappa shape index (κ1) is 15.2. The van der Waals surface area contributed by atoms with Crippen LogP contribution in [0.5, 0.6) is 0 Å². The molecule has 8 nitrogen and oxygen atoms in total. The Balaban J connectivity index is 2.78. The van der Waals surface area contributed by atoms with E-state index in [4.69, 9.17) is 9.84 Å². The number of nitrogens with zero attached hydrogens (tertiary/aromatic N) is 1. The van der Waals surface area contributed by atoms with Crippen molar-refractivity contribution < 1.29 is 29.0 Å². The van der Waals surface area contributed by atoms with Gasteiger partial charge < -0.3 is 24.8 Å². The van der Waals surface area contributed by atoms with Crippen LogP contribution >= 0.6 is 0 Å². The molecule has 0 aliphatic carbocycles. The monoisotopic (exact) mass is 274 g/mol. The maximum absolute atomic E-state index is 12.0. The van der Waals surface area contributed by atoms with Crippen molar-refractivity contribution in [2.45, 2.75) is 25.4 Å². The number of morpholine rings is 1. The van der Waals surface area contributed by atoms with E-state index in [1.807, 2.05) is 0 Å². The van der Waals surface area contributed by atoms with Crippen LogP contribution < -0.4 is 5.32 Å². The van der Waals surface area contributed by atoms with Gasteiger partial charge in [0.1, 0.15) is 5.54 Å². The fourth-order valence-electron chi connectivity index (χ4n) is 1.57. The SMILES string of the molecule is COC(=O)C1COCCN1C(=O)NC(C)(C)C(=O)O. The molecule has 1 atom stereocenters. The highest BCUT2D eigenvalue weighted by molar-refractivity contribution is 5.88. The fourth-order valence-corrected chi connectivity index (χ4v) is 1.57. The molecule has 0 aromatic carbocycles. The average molecular weight is 274 g/mol. The van der Waals surface area contributed by atoms with Crippen molar-refractivity contribution in [2.24, 2.45) is 0 Å². The Morgan fingerprint density at radius 3 is 2.58 bits per heavy atom. The van der Waals surface area contributed by atoms with Gasteiger partial charge in [-0.2, -0.15) is 0 Å². The summed E-state index contributed by atoms with van der Waals surface area (Å²) in [5, 5.41) is 11.3. The first-order valence-electron chi connectivity index (χ1n) is 5.77. The predicted molar refractivity (Wildman–Crippen MR) is 63.6 cm³/mol. The normalized spacial score (nSPS) is 19.7. The Bertz CT molecular complexity index is 381. The molecule has 1 fully saturated rings. The molecule has 19 heavy (non-hydrogen) atoms. The van der Waals surface area contributed by atoms with Gasteiger partial charge in [0.05, 0.1) is 20.3 Å². The van der Waals surface area contributed by atoms with Crippen LogP contribution in [0.1, 0.15) is 13.8 Å². The molecule has 8 heteroatoms. The molecule has 1 aliphatic heterocycles. The minimum absolute atomic E-state index is 0.0353. The number of carbonyl (C=O) groups excluding carboxylic acids is 2. The van der Waals surface area contributed by atoms with Crippen molar-refractivity contribution in [3.8, 4) is 0 Å². The smallest absolute Gasteiger partial charge is 0.331 e. The van der Waals surface area contributed by atoms with Crippen molar-refractivity contribution in [1.29, 1.82) is 0 Å². The first-order valence-corrected chi connectivity index (χ1v) is 5.77. The van der Waals surface area contributed by atoms with E-state index in [1.165, 1.54) is 25.9 Å². The summed E-state index contributed by atoms with van der Waals surface area (Å²) in [6, 6.07) is -1.49. The molecule has 0 aromatic heterocycles. The van der Waals surface area contributed by atoms with Crippen LogP contribution in [-0.4, -0.2) is 66.4 Å². The molecule has 1 rings (SSSR count). The van der Waals surface area contributed by atoms with Crippen LogP contribution in [-0.2, 0) is 19.1 Å². The van der Waals surface area contributed by atoms with Crippen LogP contribution in [0.25, 0.3) is 0 Å². The number of carboxylic acids is 1. The van der Waals surface area contributed by atoms with Gasteiger partial charge in [-0.05, 0) is 13.8 Å². The molecule has 1 heterocycles. The van der Waals surface area contributed by atoms with Gasteiger partial charge in [-0.25, -0.2) is 14.4 Å². The van der Waals surface area contributed by atoms with Gasteiger partial charge >= 0.3 is 18.0 Å². The van der Waals surface area contributed by atoms with Crippen molar-refractivity contribution in [3.63, 3.8) is 0 Å². The summed E-state index contributed by atoms with van der Waals surface area (Å²) in [7, 11) is 1.22. The van der Waals surface area contributed by atoms with Crippen molar-refractivity contribution >= 4 is 18.0 Å². The second-order valence-corrected chi connectivity index (χ2v) is 4.67. The number of methoxy groups -OCH3 is 1. The van der Waals surface area contributed by atoms with Crippen LogP contribution in [0.4, 0.5) is 4.79 Å². The molecule has 1 unspecified atom stereocenters. The van der Waals surface area contributed by atoms with Gasteiger partial charge in [0.15, 0.2) is 6.04 Å². The summed E-state index contributed by atoms with van der Waals surface area (Å²) >= 11 is 0. The number of amides is 2. The van der Waals surface area contributed by atoms with Crippen LogP contribution in [0.15, 0.2) is 0 Å². The van der Waals surface area contributed by atoms with E-state index in [1.54, 1.807) is 0 Å². The number of esters is 1. The second-order valence-electron chi connectivity index (χ2n) is 4.67. The lowest BCUT2D eigenvalue weighted by atomic mass is 10.1. The third-order valence-electron chi connectivity index (χ3n) is 2.82. The maximum Gasteiger partial charge on any atom is 0.331 e. The van der Waals surface area contributed by atoms with Gasteiger partial charge in [-0.15, -0.1) is 0 Å². The maximum atomic E-state index is 12.0. The van der Waals surface area contributed by atoms with Crippen LogP contribution in [0, 0.1) is 0 Å². The number of hydrogen-bond donors (Lipinski definition) is 2. The number of hydrogen-bond acceptors (Lipinski definition) is 5. The van der Waals surface area contributed by atoms with E-state index in [0.717, 1.165) is 0 Å². The van der Waals surface area contributed by atoms with Crippen LogP contribution in [0.3, 0.4) is 0 Å². The van der Waals surface area contributed by atoms with E-state index in [0.29, 0.717) is 0 Å². The van der Waals surface area contributed by atoms with E-state index >= 15 is 0 Å². The molecule has 2 N–H and O–H groups in total. The zero-order chi connectivity index (χ0) is 14.6. The first-order chi connectivity index (χ1) is 8.79. The van der Waals surface area contributed by atoms with Crippen molar-refractivity contribution in [2.75, 3.05) is 26.9 Å². The summed E-state index contributed by atoms with van der Waals surface area (Å²) in [5.74, 6) is -1.76. The lowest BCUT2D eigenvalue weighted by Gasteiger charge is -2.35. The van der Waals surface area contributed by atoms with E-state index in [-0.39, 0.29) is 19.8 Å². The minimum Gasteiger partial charge on any atom is -0.480 e. The molecule has 0 bridgehead atoms. The summed E-state index contributed by atoms with van der Waals surface area (Å²) in [6.45, 7) is 3.24. The zero-order valence-electron chi connectivity index (χ0n) is 11.1. The highest BCUT2D eigenvalue weighted by Gasteiger charge is 2.37. The lowest BCUT2D eigenvalue weighted by molar-refractivity contribution is -0.151. The van der Waals surface area contributed by atoms with Gasteiger partial charge in [-0.3, -0.25) is 0 Å². The summed E-state index contributed by atoms with van der Waals surface area (Å²) in [6.07, 6.45) is 0. The Labute approximate surface area is 110 Å². The number of aliphatic carboxylic acids is 1. The van der Waals surface area contributed by atoms with Crippen molar-refractivity contribution in [3.05, 3.63) is 0 Å². The summed E-state index contributed by atoms with van der Waals surface area (Å²) in [4.78, 5) is 35.8. The lowest BCUT2D eigenvalue weighted by Crippen LogP contribution is -2.60. The molecule has 0 aromatic rings. The molecular weight excluding hydrogens is 256 g/mol. The highest BCUT2D eigenvalue weighted by atomic mass is 16.5. The Hall–Kier alpha value is -1.83. The molecule has 1 saturated heterocycles. The minimum atomic E-state index is -1.42. The number of carbonyl (C=O) groups is 3. The standard InChI is InChI=1S/C11H18N2O6/c1-11(2,9(15)16)12-10(17)13-4-5-19-6-7(13)8(14)18-3/h7H,4-6H2,1-3H3,(H,12,17)(H,15,16). The van der Waals surface area contributed by atoms with Crippen LogP contribution in [0.2, 0.25) is 0 Å². The Morgan fingerprint density at radius 2 is 2.05 bits per heavy atom. The summed E-state index contributed by atoms with van der Waals surface area (Å²) < 4.78 is 9.71. The molecule has 0 spiro atoms. The third kappa shape index (κ3) is 3.57. The molecule has 0 saturated carbocycles. The van der Waals surface area contributed by atoms with E-state index < -0.39 is 29.6 Å². The highest BCUT2D eigenvalue weighted by Crippen LogP contribution is 2.11. The Morgan fingerprint density at radius 1 is 1.42 bits per heavy atom. The fraction of sp³-hybridized carbons (Fsp3) is 0.727. The molecule has 108 valence electrons. The number of urea groups is 1. The Kier molecular flexibility index (Phi) is 4.71. The molecule has 2 amide bonds. The van der Waals surface area contributed by atoms with E-state index in [2.05, 4.69) is 10.1 Å². The zero-order valence-corrected chi connectivity index (χ0v) is 11.1. The number of rotatable bonds is 3.